The summed E-state index contributed by atoms with van der Waals surface area (Å²) in [4.78, 5) is 11.8. The summed E-state index contributed by atoms with van der Waals surface area (Å²) in [6, 6.07) is 9.97. The van der Waals surface area contributed by atoms with Gasteiger partial charge in [0.15, 0.2) is 5.78 Å². The lowest BCUT2D eigenvalue weighted by Crippen LogP contribution is -2.17. The molecule has 0 unspecified atom stereocenters. The van der Waals surface area contributed by atoms with Crippen LogP contribution >= 0.6 is 0 Å². The zero-order chi connectivity index (χ0) is 11.5. The van der Waals surface area contributed by atoms with E-state index in [0.717, 1.165) is 11.1 Å². The van der Waals surface area contributed by atoms with E-state index < -0.39 is 0 Å². The molecular formula is C14H18O. The molecule has 0 fully saturated rings. The summed E-state index contributed by atoms with van der Waals surface area (Å²) in [6.45, 7) is 7.78. The van der Waals surface area contributed by atoms with Crippen molar-refractivity contribution in [1.29, 1.82) is 0 Å². The van der Waals surface area contributed by atoms with Gasteiger partial charge >= 0.3 is 0 Å². The predicted octanol–water partition coefficient (Wildman–Crippen LogP) is 3.71. The summed E-state index contributed by atoms with van der Waals surface area (Å²) in [5.41, 5.74) is 1.83. The third kappa shape index (κ3) is 3.35. The van der Waals surface area contributed by atoms with Gasteiger partial charge in [0.1, 0.15) is 0 Å². The van der Waals surface area contributed by atoms with Crippen molar-refractivity contribution in [2.45, 2.75) is 27.7 Å². The molecule has 0 bridgehead atoms. The minimum Gasteiger partial charge on any atom is -0.294 e. The summed E-state index contributed by atoms with van der Waals surface area (Å²) < 4.78 is 0. The van der Waals surface area contributed by atoms with E-state index in [1.54, 1.807) is 6.08 Å². The number of ketones is 1. The van der Waals surface area contributed by atoms with Crippen molar-refractivity contribution in [3.05, 3.63) is 42.0 Å². The Morgan fingerprint density at radius 2 is 1.67 bits per heavy atom. The summed E-state index contributed by atoms with van der Waals surface area (Å²) >= 11 is 0. The van der Waals surface area contributed by atoms with Gasteiger partial charge in [0, 0.05) is 5.41 Å². The van der Waals surface area contributed by atoms with Gasteiger partial charge in [-0.2, -0.15) is 0 Å². The van der Waals surface area contributed by atoms with Crippen LogP contribution in [0.1, 0.15) is 33.3 Å². The average molecular weight is 202 g/mol. The first-order chi connectivity index (χ1) is 6.91. The first kappa shape index (κ1) is 11.7. The standard InChI is InChI=1S/C14H18O/c1-11(10-13(15)14(2,3)4)12-8-6-5-7-9-12/h5-10H,1-4H3/b11-10-. The minimum absolute atomic E-state index is 0.170. The first-order valence-corrected chi connectivity index (χ1v) is 5.19. The highest BCUT2D eigenvalue weighted by atomic mass is 16.1. The van der Waals surface area contributed by atoms with E-state index in [4.69, 9.17) is 0 Å². The van der Waals surface area contributed by atoms with Crippen LogP contribution in [0.3, 0.4) is 0 Å². The molecule has 1 aromatic carbocycles. The molecule has 0 aliphatic heterocycles. The number of carbonyl (C=O) groups is 1. The van der Waals surface area contributed by atoms with Gasteiger partial charge in [0.2, 0.25) is 0 Å². The average Bonchev–Trinajstić information content (AvgIpc) is 2.17. The van der Waals surface area contributed by atoms with Gasteiger partial charge in [-0.25, -0.2) is 0 Å². The molecule has 1 nitrogen and oxygen atoms in total. The Morgan fingerprint density at radius 3 is 2.13 bits per heavy atom. The maximum atomic E-state index is 11.8. The summed E-state index contributed by atoms with van der Waals surface area (Å²) in [6.07, 6.45) is 1.73. The Morgan fingerprint density at radius 1 is 1.13 bits per heavy atom. The maximum Gasteiger partial charge on any atom is 0.161 e. The fraction of sp³-hybridized carbons (Fsp3) is 0.357. The Labute approximate surface area is 91.8 Å². The molecule has 0 aliphatic carbocycles. The van der Waals surface area contributed by atoms with E-state index >= 15 is 0 Å². The smallest absolute Gasteiger partial charge is 0.161 e. The molecule has 0 atom stereocenters. The van der Waals surface area contributed by atoms with Crippen molar-refractivity contribution in [3.63, 3.8) is 0 Å². The molecule has 0 heterocycles. The van der Waals surface area contributed by atoms with Crippen LogP contribution in [0.2, 0.25) is 0 Å². The van der Waals surface area contributed by atoms with Gasteiger partial charge in [0.05, 0.1) is 0 Å². The second-order valence-electron chi connectivity index (χ2n) is 4.81. The zero-order valence-electron chi connectivity index (χ0n) is 9.87. The van der Waals surface area contributed by atoms with Crippen LogP contribution in [0.25, 0.3) is 5.57 Å². The molecule has 0 spiro atoms. The molecule has 1 aromatic rings. The van der Waals surface area contributed by atoms with Gasteiger partial charge < -0.3 is 0 Å². The van der Waals surface area contributed by atoms with Gasteiger partial charge in [-0.1, -0.05) is 51.1 Å². The third-order valence-electron chi connectivity index (χ3n) is 2.32. The Balaban J connectivity index is 2.91. The highest BCUT2D eigenvalue weighted by molar-refractivity contribution is 5.99. The fourth-order valence-electron chi connectivity index (χ4n) is 1.20. The van der Waals surface area contributed by atoms with Crippen molar-refractivity contribution in [2.24, 2.45) is 5.41 Å². The van der Waals surface area contributed by atoms with E-state index in [1.165, 1.54) is 0 Å². The quantitative estimate of drug-likeness (QED) is 0.668. The molecule has 15 heavy (non-hydrogen) atoms. The first-order valence-electron chi connectivity index (χ1n) is 5.19. The van der Waals surface area contributed by atoms with E-state index in [1.807, 2.05) is 58.0 Å². The second kappa shape index (κ2) is 4.43. The van der Waals surface area contributed by atoms with E-state index in [9.17, 15) is 4.79 Å². The molecule has 0 radical (unpaired) electrons. The number of hydrogen-bond donors (Lipinski definition) is 0. The highest BCUT2D eigenvalue weighted by Crippen LogP contribution is 2.19. The van der Waals surface area contributed by atoms with E-state index in [-0.39, 0.29) is 11.2 Å². The minimum atomic E-state index is -0.296. The molecule has 0 N–H and O–H groups in total. The Kier molecular flexibility index (Phi) is 3.46. The number of benzene rings is 1. The SMILES string of the molecule is C/C(=C/C(=O)C(C)(C)C)c1ccccc1. The monoisotopic (exact) mass is 202 g/mol. The van der Waals surface area contributed by atoms with Crippen molar-refractivity contribution in [1.82, 2.24) is 0 Å². The molecule has 1 rings (SSSR count). The predicted molar refractivity (Wildman–Crippen MR) is 64.6 cm³/mol. The molecule has 0 saturated carbocycles. The zero-order valence-corrected chi connectivity index (χ0v) is 9.87. The normalized spacial score (nSPS) is 12.7. The van der Waals surface area contributed by atoms with Gasteiger partial charge in [-0.3, -0.25) is 4.79 Å². The number of allylic oxidation sites excluding steroid dienone is 2. The van der Waals surface area contributed by atoms with Crippen LogP contribution in [-0.2, 0) is 4.79 Å². The van der Waals surface area contributed by atoms with Crippen molar-refractivity contribution < 1.29 is 4.79 Å². The molecule has 0 amide bonds. The second-order valence-corrected chi connectivity index (χ2v) is 4.81. The van der Waals surface area contributed by atoms with Crippen LogP contribution < -0.4 is 0 Å². The Bertz CT molecular complexity index is 366. The highest BCUT2D eigenvalue weighted by Gasteiger charge is 2.18. The van der Waals surface area contributed by atoms with Gasteiger partial charge in [-0.15, -0.1) is 0 Å². The molecule has 80 valence electrons. The number of carbonyl (C=O) groups excluding carboxylic acids is 1. The summed E-state index contributed by atoms with van der Waals surface area (Å²) in [5, 5.41) is 0. The number of hydrogen-bond acceptors (Lipinski definition) is 1. The fourth-order valence-corrected chi connectivity index (χ4v) is 1.20. The molecule has 0 aliphatic rings. The summed E-state index contributed by atoms with van der Waals surface area (Å²) in [7, 11) is 0. The topological polar surface area (TPSA) is 17.1 Å². The number of rotatable bonds is 2. The lowest BCUT2D eigenvalue weighted by molar-refractivity contribution is -0.121. The van der Waals surface area contributed by atoms with Crippen LogP contribution in [0.4, 0.5) is 0 Å². The maximum absolute atomic E-state index is 11.8. The van der Waals surface area contributed by atoms with E-state index in [0.29, 0.717) is 0 Å². The van der Waals surface area contributed by atoms with Crippen molar-refractivity contribution in [3.8, 4) is 0 Å². The van der Waals surface area contributed by atoms with Gasteiger partial charge in [-0.05, 0) is 24.1 Å². The largest absolute Gasteiger partial charge is 0.294 e. The lowest BCUT2D eigenvalue weighted by atomic mass is 9.89. The van der Waals surface area contributed by atoms with Crippen LogP contribution in [-0.4, -0.2) is 5.78 Å². The molecule has 1 heteroatoms. The molecular weight excluding hydrogens is 184 g/mol. The Hall–Kier alpha value is -1.37. The summed E-state index contributed by atoms with van der Waals surface area (Å²) in [5.74, 6) is 0.170. The third-order valence-corrected chi connectivity index (χ3v) is 2.32. The van der Waals surface area contributed by atoms with Crippen molar-refractivity contribution in [2.75, 3.05) is 0 Å². The van der Waals surface area contributed by atoms with Crippen LogP contribution in [0.5, 0.6) is 0 Å². The van der Waals surface area contributed by atoms with Crippen LogP contribution in [0.15, 0.2) is 36.4 Å². The van der Waals surface area contributed by atoms with Crippen molar-refractivity contribution >= 4 is 11.4 Å². The van der Waals surface area contributed by atoms with E-state index in [2.05, 4.69) is 0 Å². The van der Waals surface area contributed by atoms with Crippen LogP contribution in [0, 0.1) is 5.41 Å². The molecule has 0 aromatic heterocycles. The molecule has 0 saturated heterocycles. The van der Waals surface area contributed by atoms with Gasteiger partial charge in [0.25, 0.3) is 0 Å². The lowest BCUT2D eigenvalue weighted by Gasteiger charge is -2.14.